The van der Waals surface area contributed by atoms with E-state index in [1.54, 1.807) is 6.92 Å². The maximum atomic E-state index is 11.5. The van der Waals surface area contributed by atoms with E-state index in [1.807, 2.05) is 30.3 Å². The number of anilines is 1. The number of hydrogen-bond acceptors (Lipinski definition) is 4. The Morgan fingerprint density at radius 3 is 2.76 bits per heavy atom. The fourth-order valence-electron chi connectivity index (χ4n) is 1.36. The summed E-state index contributed by atoms with van der Waals surface area (Å²) in [6.45, 7) is 1.80. The first-order chi connectivity index (χ1) is 8.25. The molecule has 0 aliphatic heterocycles. The number of carbonyl (C=O) groups is 1. The lowest BCUT2D eigenvalue weighted by Gasteiger charge is -2.13. The van der Waals surface area contributed by atoms with Gasteiger partial charge in [-0.1, -0.05) is 35.5 Å². The fraction of sp³-hybridized carbons (Fsp3) is 0.167. The molecule has 88 valence electrons. The van der Waals surface area contributed by atoms with Crippen molar-refractivity contribution in [3.8, 4) is 0 Å². The number of hydrogen-bond donors (Lipinski definition) is 1. The van der Waals surface area contributed by atoms with Crippen LogP contribution in [0.5, 0.6) is 0 Å². The van der Waals surface area contributed by atoms with E-state index in [9.17, 15) is 4.79 Å². The van der Waals surface area contributed by atoms with Gasteiger partial charge in [-0.3, -0.25) is 5.32 Å². The average Bonchev–Trinajstić information content (AvgIpc) is 2.82. The molecule has 0 bridgehead atoms. The summed E-state index contributed by atoms with van der Waals surface area (Å²) in [5.74, 6) is 0.329. The lowest BCUT2D eigenvalue weighted by atomic mass is 10.1. The van der Waals surface area contributed by atoms with E-state index in [4.69, 9.17) is 4.74 Å². The zero-order valence-electron chi connectivity index (χ0n) is 9.29. The molecule has 0 saturated heterocycles. The van der Waals surface area contributed by atoms with Gasteiger partial charge in [-0.05, 0) is 12.5 Å². The highest BCUT2D eigenvalue weighted by Gasteiger charge is 2.12. The monoisotopic (exact) mass is 232 g/mol. The Labute approximate surface area is 98.4 Å². The van der Waals surface area contributed by atoms with Crippen LogP contribution >= 0.6 is 0 Å². The van der Waals surface area contributed by atoms with Gasteiger partial charge in [0, 0.05) is 6.07 Å². The van der Waals surface area contributed by atoms with Crippen LogP contribution in [-0.2, 0) is 4.74 Å². The van der Waals surface area contributed by atoms with Gasteiger partial charge in [0.2, 0.25) is 0 Å². The van der Waals surface area contributed by atoms with Gasteiger partial charge in [0.15, 0.2) is 5.82 Å². The Balaban J connectivity index is 1.91. The molecule has 0 spiro atoms. The summed E-state index contributed by atoms with van der Waals surface area (Å²) < 4.78 is 9.76. The molecule has 0 aliphatic rings. The van der Waals surface area contributed by atoms with Crippen molar-refractivity contribution in [1.29, 1.82) is 0 Å². The van der Waals surface area contributed by atoms with E-state index in [1.165, 1.54) is 12.3 Å². The van der Waals surface area contributed by atoms with Crippen LogP contribution in [0, 0.1) is 0 Å². The Morgan fingerprint density at radius 1 is 1.35 bits per heavy atom. The first-order valence-electron chi connectivity index (χ1n) is 5.18. The summed E-state index contributed by atoms with van der Waals surface area (Å²) in [7, 11) is 0. The second-order valence-corrected chi connectivity index (χ2v) is 3.47. The van der Waals surface area contributed by atoms with Crippen molar-refractivity contribution in [2.45, 2.75) is 13.0 Å². The number of rotatable bonds is 3. The zero-order chi connectivity index (χ0) is 12.1. The van der Waals surface area contributed by atoms with E-state index >= 15 is 0 Å². The number of nitrogens with zero attached hydrogens (tertiary/aromatic N) is 1. The number of aromatic nitrogens is 1. The second-order valence-electron chi connectivity index (χ2n) is 3.47. The standard InChI is InChI=1S/C12H12N2O3/c1-9(10-5-3-2-4-6-10)17-12(15)13-11-7-8-16-14-11/h2-9H,1H3,(H,13,14,15)/t9-/m0/s1. The molecule has 5 nitrogen and oxygen atoms in total. The van der Waals surface area contributed by atoms with Crippen LogP contribution in [0.3, 0.4) is 0 Å². The zero-order valence-corrected chi connectivity index (χ0v) is 9.29. The van der Waals surface area contributed by atoms with Crippen molar-refractivity contribution in [2.75, 3.05) is 5.32 Å². The lowest BCUT2D eigenvalue weighted by Crippen LogP contribution is -2.16. The van der Waals surface area contributed by atoms with Gasteiger partial charge >= 0.3 is 6.09 Å². The molecule has 2 rings (SSSR count). The molecule has 5 heteroatoms. The average molecular weight is 232 g/mol. The molecule has 1 aromatic heterocycles. The molecule has 1 aromatic carbocycles. The largest absolute Gasteiger partial charge is 0.441 e. The highest BCUT2D eigenvalue weighted by Crippen LogP contribution is 2.16. The van der Waals surface area contributed by atoms with E-state index in [0.717, 1.165) is 5.56 Å². The van der Waals surface area contributed by atoms with Crippen molar-refractivity contribution < 1.29 is 14.1 Å². The molecule has 2 aromatic rings. The van der Waals surface area contributed by atoms with Gasteiger partial charge in [0.1, 0.15) is 12.4 Å². The van der Waals surface area contributed by atoms with E-state index in [2.05, 4.69) is 15.0 Å². The molecule has 1 atom stereocenters. The lowest BCUT2D eigenvalue weighted by molar-refractivity contribution is 0.121. The number of nitrogens with one attached hydrogen (secondary N) is 1. The minimum Gasteiger partial charge on any atom is -0.441 e. The number of ether oxygens (including phenoxy) is 1. The Morgan fingerprint density at radius 2 is 2.12 bits per heavy atom. The number of benzene rings is 1. The fourth-order valence-corrected chi connectivity index (χ4v) is 1.36. The maximum Gasteiger partial charge on any atom is 0.413 e. The van der Waals surface area contributed by atoms with Crippen molar-refractivity contribution in [2.24, 2.45) is 0 Å². The summed E-state index contributed by atoms with van der Waals surface area (Å²) in [5, 5.41) is 6.01. The van der Waals surface area contributed by atoms with Crippen molar-refractivity contribution in [3.63, 3.8) is 0 Å². The molecule has 0 saturated carbocycles. The van der Waals surface area contributed by atoms with Crippen LogP contribution in [0.1, 0.15) is 18.6 Å². The summed E-state index contributed by atoms with van der Waals surface area (Å²) in [6.07, 6.45) is 0.495. The van der Waals surface area contributed by atoms with Crippen LogP contribution in [0.4, 0.5) is 10.6 Å². The molecule has 1 heterocycles. The molecule has 1 amide bonds. The maximum absolute atomic E-state index is 11.5. The third kappa shape index (κ3) is 3.07. The van der Waals surface area contributed by atoms with Crippen LogP contribution in [0.2, 0.25) is 0 Å². The quantitative estimate of drug-likeness (QED) is 0.883. The second kappa shape index (κ2) is 5.16. The molecule has 1 N–H and O–H groups in total. The minimum atomic E-state index is -0.560. The van der Waals surface area contributed by atoms with Crippen LogP contribution in [0.25, 0.3) is 0 Å². The minimum absolute atomic E-state index is 0.317. The van der Waals surface area contributed by atoms with Crippen LogP contribution < -0.4 is 5.32 Å². The first-order valence-corrected chi connectivity index (χ1v) is 5.18. The molecule has 0 radical (unpaired) electrons. The van der Waals surface area contributed by atoms with Crippen molar-refractivity contribution in [1.82, 2.24) is 5.16 Å². The van der Waals surface area contributed by atoms with Gasteiger partial charge in [0.25, 0.3) is 0 Å². The third-order valence-electron chi connectivity index (χ3n) is 2.22. The van der Waals surface area contributed by atoms with E-state index in [-0.39, 0.29) is 6.10 Å². The third-order valence-corrected chi connectivity index (χ3v) is 2.22. The Hall–Kier alpha value is -2.30. The highest BCUT2D eigenvalue weighted by molar-refractivity contribution is 5.83. The molecule has 0 aliphatic carbocycles. The Kier molecular flexibility index (Phi) is 3.40. The van der Waals surface area contributed by atoms with Crippen molar-refractivity contribution >= 4 is 11.9 Å². The smallest absolute Gasteiger partial charge is 0.413 e. The predicted octanol–water partition coefficient (Wildman–Crippen LogP) is 2.98. The molecule has 0 unspecified atom stereocenters. The summed E-state index contributed by atoms with van der Waals surface area (Å²) in [4.78, 5) is 11.5. The predicted molar refractivity (Wildman–Crippen MR) is 61.5 cm³/mol. The molecule has 0 fully saturated rings. The van der Waals surface area contributed by atoms with Crippen LogP contribution in [0.15, 0.2) is 47.2 Å². The van der Waals surface area contributed by atoms with Gasteiger partial charge in [-0.15, -0.1) is 0 Å². The molecule has 17 heavy (non-hydrogen) atoms. The van der Waals surface area contributed by atoms with Gasteiger partial charge in [-0.2, -0.15) is 0 Å². The summed E-state index contributed by atoms with van der Waals surface area (Å²) >= 11 is 0. The normalized spacial score (nSPS) is 11.8. The number of amides is 1. The van der Waals surface area contributed by atoms with Gasteiger partial charge in [-0.25, -0.2) is 4.79 Å². The topological polar surface area (TPSA) is 64.4 Å². The van der Waals surface area contributed by atoms with Gasteiger partial charge in [0.05, 0.1) is 0 Å². The first kappa shape index (κ1) is 11.2. The summed E-state index contributed by atoms with van der Waals surface area (Å²) in [5.41, 5.74) is 0.933. The molecular weight excluding hydrogens is 220 g/mol. The number of carbonyl (C=O) groups excluding carboxylic acids is 1. The SMILES string of the molecule is C[C@H](OC(=O)Nc1ccon1)c1ccccc1. The van der Waals surface area contributed by atoms with E-state index < -0.39 is 6.09 Å². The van der Waals surface area contributed by atoms with E-state index in [0.29, 0.717) is 5.82 Å². The molecular formula is C12H12N2O3. The summed E-state index contributed by atoms with van der Waals surface area (Å²) in [6, 6.07) is 11.0. The van der Waals surface area contributed by atoms with Gasteiger partial charge < -0.3 is 9.26 Å². The van der Waals surface area contributed by atoms with Crippen molar-refractivity contribution in [3.05, 3.63) is 48.2 Å². The highest BCUT2D eigenvalue weighted by atomic mass is 16.6. The Bertz CT molecular complexity index is 468. The van der Waals surface area contributed by atoms with Crippen LogP contribution in [-0.4, -0.2) is 11.2 Å².